The van der Waals surface area contributed by atoms with Gasteiger partial charge in [-0.15, -0.1) is 0 Å². The molecule has 6 heteroatoms. The largest absolute Gasteiger partial charge is 0.493 e. The number of carbonyl (C=O) groups is 1. The van der Waals surface area contributed by atoms with E-state index in [1.807, 2.05) is 18.2 Å². The number of hydrogen-bond donors (Lipinski definition) is 2. The zero-order chi connectivity index (χ0) is 18.8. The second kappa shape index (κ2) is 10.7. The fourth-order valence-corrected chi connectivity index (χ4v) is 2.86. The van der Waals surface area contributed by atoms with Crippen LogP contribution in [-0.4, -0.2) is 50.6 Å². The van der Waals surface area contributed by atoms with Gasteiger partial charge in [0.2, 0.25) is 5.91 Å². The van der Waals surface area contributed by atoms with Gasteiger partial charge in [0, 0.05) is 32.6 Å². The van der Waals surface area contributed by atoms with E-state index in [-0.39, 0.29) is 18.5 Å². The third-order valence-electron chi connectivity index (χ3n) is 4.46. The molecule has 1 aliphatic heterocycles. The number of nitrogens with zero attached hydrogens (tertiary/aromatic N) is 2. The predicted octanol–water partition coefficient (Wildman–Crippen LogP) is 2.71. The Labute approximate surface area is 157 Å². The maximum Gasteiger partial charge on any atom is 0.243 e. The van der Waals surface area contributed by atoms with Gasteiger partial charge in [-0.1, -0.05) is 44.4 Å². The molecule has 1 amide bonds. The quantitative estimate of drug-likeness (QED) is 0.425. The van der Waals surface area contributed by atoms with Crippen molar-refractivity contribution in [3.8, 4) is 5.75 Å². The summed E-state index contributed by atoms with van der Waals surface area (Å²) in [4.78, 5) is 18.0. The second-order valence-corrected chi connectivity index (χ2v) is 6.81. The second-order valence-electron chi connectivity index (χ2n) is 6.81. The Hall–Kier alpha value is -2.24. The molecule has 0 aromatic heterocycles. The van der Waals surface area contributed by atoms with Crippen molar-refractivity contribution < 1.29 is 9.53 Å². The first kappa shape index (κ1) is 20.1. The van der Waals surface area contributed by atoms with Crippen molar-refractivity contribution in [1.29, 1.82) is 0 Å². The van der Waals surface area contributed by atoms with E-state index >= 15 is 0 Å². The van der Waals surface area contributed by atoms with E-state index in [1.54, 1.807) is 19.0 Å². The van der Waals surface area contributed by atoms with Gasteiger partial charge in [0.25, 0.3) is 0 Å². The summed E-state index contributed by atoms with van der Waals surface area (Å²) in [5.74, 6) is 1.60. The van der Waals surface area contributed by atoms with Crippen molar-refractivity contribution in [2.75, 3.05) is 33.8 Å². The third kappa shape index (κ3) is 6.24. The summed E-state index contributed by atoms with van der Waals surface area (Å²) in [5.41, 5.74) is 1.14. The highest BCUT2D eigenvalue weighted by Crippen LogP contribution is 2.31. The predicted molar refractivity (Wildman–Crippen MR) is 106 cm³/mol. The van der Waals surface area contributed by atoms with Gasteiger partial charge in [-0.05, 0) is 12.5 Å². The molecule has 144 valence electrons. The molecule has 0 aliphatic carbocycles. The van der Waals surface area contributed by atoms with E-state index < -0.39 is 0 Å². The van der Waals surface area contributed by atoms with Crippen molar-refractivity contribution in [3.63, 3.8) is 0 Å². The zero-order valence-corrected chi connectivity index (χ0v) is 16.3. The van der Waals surface area contributed by atoms with Gasteiger partial charge in [-0.3, -0.25) is 4.79 Å². The van der Waals surface area contributed by atoms with Gasteiger partial charge < -0.3 is 20.3 Å². The van der Waals surface area contributed by atoms with Gasteiger partial charge in [0.15, 0.2) is 5.96 Å². The highest BCUT2D eigenvalue weighted by atomic mass is 16.5. The average molecular weight is 361 g/mol. The summed E-state index contributed by atoms with van der Waals surface area (Å²) in [5, 5.41) is 6.86. The molecule has 1 atom stereocenters. The fraction of sp³-hybridized carbons (Fsp3) is 0.600. The van der Waals surface area contributed by atoms with Crippen LogP contribution in [0.5, 0.6) is 5.75 Å². The normalized spacial score (nSPS) is 16.4. The molecule has 1 aromatic carbocycles. The molecule has 26 heavy (non-hydrogen) atoms. The van der Waals surface area contributed by atoms with Gasteiger partial charge in [0.05, 0.1) is 12.6 Å². The molecule has 0 saturated carbocycles. The van der Waals surface area contributed by atoms with Crippen molar-refractivity contribution in [3.05, 3.63) is 29.8 Å². The number of ether oxygens (including phenoxy) is 1. The number of rotatable bonds is 8. The maximum atomic E-state index is 11.9. The molecule has 0 fully saturated rings. The number of guanidine groups is 1. The van der Waals surface area contributed by atoms with Crippen LogP contribution in [0.2, 0.25) is 0 Å². The van der Waals surface area contributed by atoms with Crippen molar-refractivity contribution >= 4 is 11.9 Å². The lowest BCUT2D eigenvalue weighted by Crippen LogP contribution is -2.42. The topological polar surface area (TPSA) is 66.0 Å². The molecule has 1 aromatic rings. The summed E-state index contributed by atoms with van der Waals surface area (Å²) >= 11 is 0. The molecular formula is C20H32N4O2. The number of fused-ring (bicyclic) bond motifs is 1. The van der Waals surface area contributed by atoms with Crippen molar-refractivity contribution in [1.82, 2.24) is 15.5 Å². The van der Waals surface area contributed by atoms with Crippen LogP contribution in [-0.2, 0) is 4.79 Å². The number of unbranched alkanes of at least 4 members (excludes halogenated alkanes) is 3. The van der Waals surface area contributed by atoms with Crippen molar-refractivity contribution in [2.24, 2.45) is 4.99 Å². The first-order valence-corrected chi connectivity index (χ1v) is 9.58. The first-order valence-electron chi connectivity index (χ1n) is 9.58. The van der Waals surface area contributed by atoms with Gasteiger partial charge in [0.1, 0.15) is 12.3 Å². The number of carbonyl (C=O) groups excluding carboxylic acids is 1. The van der Waals surface area contributed by atoms with E-state index in [0.29, 0.717) is 12.6 Å². The van der Waals surface area contributed by atoms with Crippen LogP contribution in [0, 0.1) is 0 Å². The summed E-state index contributed by atoms with van der Waals surface area (Å²) in [6, 6.07) is 8.21. The summed E-state index contributed by atoms with van der Waals surface area (Å²) in [7, 11) is 3.50. The van der Waals surface area contributed by atoms with Crippen LogP contribution in [0.1, 0.15) is 50.6 Å². The molecule has 0 radical (unpaired) electrons. The Morgan fingerprint density at radius 3 is 2.85 bits per heavy atom. The summed E-state index contributed by atoms with van der Waals surface area (Å²) < 4.78 is 5.73. The van der Waals surface area contributed by atoms with Gasteiger partial charge >= 0.3 is 0 Å². The first-order chi connectivity index (χ1) is 12.6. The number of hydrogen-bond acceptors (Lipinski definition) is 3. The van der Waals surface area contributed by atoms with E-state index in [0.717, 1.165) is 30.7 Å². The highest BCUT2D eigenvalue weighted by Gasteiger charge is 2.22. The molecule has 0 saturated heterocycles. The fourth-order valence-electron chi connectivity index (χ4n) is 2.86. The number of para-hydroxylation sites is 1. The van der Waals surface area contributed by atoms with E-state index in [9.17, 15) is 4.79 Å². The standard InChI is InChI=1S/C20H32N4O2/c1-4-5-6-9-13-21-20(22-15-19(25)24(2)3)23-17-12-14-26-18-11-8-7-10-16(17)18/h7-8,10-11,17H,4-6,9,12-15H2,1-3H3,(H2,21,22,23). The smallest absolute Gasteiger partial charge is 0.243 e. The Bertz CT molecular complexity index is 601. The van der Waals surface area contributed by atoms with Crippen LogP contribution < -0.4 is 15.4 Å². The third-order valence-corrected chi connectivity index (χ3v) is 4.46. The Kier molecular flexibility index (Phi) is 8.25. The molecule has 2 rings (SSSR count). The van der Waals surface area contributed by atoms with Gasteiger partial charge in [-0.25, -0.2) is 4.99 Å². The minimum Gasteiger partial charge on any atom is -0.493 e. The van der Waals surface area contributed by atoms with Gasteiger partial charge in [-0.2, -0.15) is 0 Å². The monoisotopic (exact) mass is 360 g/mol. The number of amides is 1. The van der Waals surface area contributed by atoms with Crippen molar-refractivity contribution in [2.45, 2.75) is 45.1 Å². The zero-order valence-electron chi connectivity index (χ0n) is 16.3. The minimum atomic E-state index is -0.00976. The molecule has 1 unspecified atom stereocenters. The molecule has 0 spiro atoms. The van der Waals surface area contributed by atoms with E-state index in [1.165, 1.54) is 19.3 Å². The molecule has 1 heterocycles. The minimum absolute atomic E-state index is 0.00976. The SMILES string of the molecule is CCCCCCNC(=NCC(=O)N(C)C)NC1CCOc2ccccc21. The van der Waals surface area contributed by atoms with E-state index in [2.05, 4.69) is 28.6 Å². The lowest BCUT2D eigenvalue weighted by molar-refractivity contribution is -0.127. The Morgan fingerprint density at radius 2 is 2.08 bits per heavy atom. The van der Waals surface area contributed by atoms with Crippen LogP contribution in [0.25, 0.3) is 0 Å². The van der Waals surface area contributed by atoms with Crippen LogP contribution in [0.15, 0.2) is 29.3 Å². The molecular weight excluding hydrogens is 328 g/mol. The van der Waals surface area contributed by atoms with E-state index in [4.69, 9.17) is 4.74 Å². The lowest BCUT2D eigenvalue weighted by Gasteiger charge is -2.28. The number of likely N-dealkylation sites (N-methyl/N-ethyl adjacent to an activating group) is 1. The molecule has 0 bridgehead atoms. The highest BCUT2D eigenvalue weighted by molar-refractivity contribution is 5.85. The molecule has 6 nitrogen and oxygen atoms in total. The maximum absolute atomic E-state index is 11.9. The Morgan fingerprint density at radius 1 is 1.27 bits per heavy atom. The average Bonchev–Trinajstić information content (AvgIpc) is 2.65. The molecule has 2 N–H and O–H groups in total. The van der Waals surface area contributed by atoms with Crippen LogP contribution >= 0.6 is 0 Å². The summed E-state index contributed by atoms with van der Waals surface area (Å²) in [6.45, 7) is 3.88. The number of benzene rings is 1. The lowest BCUT2D eigenvalue weighted by atomic mass is 10.0. The van der Waals surface area contributed by atoms with Crippen LogP contribution in [0.4, 0.5) is 0 Å². The summed E-state index contributed by atoms with van der Waals surface area (Å²) in [6.07, 6.45) is 5.63. The van der Waals surface area contributed by atoms with Crippen LogP contribution in [0.3, 0.4) is 0 Å². The number of nitrogens with one attached hydrogen (secondary N) is 2. The Balaban J connectivity index is 2.01. The number of aliphatic imine (C=N–C) groups is 1. The molecule has 1 aliphatic rings.